The SMILES string of the molecule is COc1cc(F)c(NC(=O)C#N)cc1F. The minimum Gasteiger partial charge on any atom is -0.494 e. The number of carbonyl (C=O) groups is 1. The van der Waals surface area contributed by atoms with Crippen molar-refractivity contribution in [1.82, 2.24) is 0 Å². The summed E-state index contributed by atoms with van der Waals surface area (Å²) in [7, 11) is 1.19. The maximum Gasteiger partial charge on any atom is 0.326 e. The second kappa shape index (κ2) is 4.37. The van der Waals surface area contributed by atoms with Gasteiger partial charge in [-0.2, -0.15) is 5.26 Å². The number of amides is 1. The molecule has 0 unspecified atom stereocenters. The molecule has 0 fully saturated rings. The number of anilines is 1. The van der Waals surface area contributed by atoms with Crippen LogP contribution in [-0.4, -0.2) is 13.0 Å². The highest BCUT2D eigenvalue weighted by Gasteiger charge is 2.12. The summed E-state index contributed by atoms with van der Waals surface area (Å²) >= 11 is 0. The summed E-state index contributed by atoms with van der Waals surface area (Å²) in [6.07, 6.45) is 0. The molecule has 1 aromatic rings. The summed E-state index contributed by atoms with van der Waals surface area (Å²) in [5, 5.41) is 10.0. The fraction of sp³-hybridized carbons (Fsp3) is 0.111. The highest BCUT2D eigenvalue weighted by Crippen LogP contribution is 2.24. The zero-order valence-corrected chi connectivity index (χ0v) is 7.67. The van der Waals surface area contributed by atoms with Crippen LogP contribution in [0.5, 0.6) is 5.75 Å². The van der Waals surface area contributed by atoms with Crippen LogP contribution >= 0.6 is 0 Å². The monoisotopic (exact) mass is 212 g/mol. The number of ether oxygens (including phenoxy) is 1. The van der Waals surface area contributed by atoms with Gasteiger partial charge in [0.15, 0.2) is 23.5 Å². The first-order valence-electron chi connectivity index (χ1n) is 3.82. The van der Waals surface area contributed by atoms with Gasteiger partial charge in [0, 0.05) is 12.1 Å². The molecule has 0 spiro atoms. The van der Waals surface area contributed by atoms with Gasteiger partial charge < -0.3 is 10.1 Å². The molecule has 78 valence electrons. The van der Waals surface area contributed by atoms with Gasteiger partial charge in [0.2, 0.25) is 0 Å². The van der Waals surface area contributed by atoms with Crippen molar-refractivity contribution in [3.05, 3.63) is 23.8 Å². The van der Waals surface area contributed by atoms with Gasteiger partial charge in [0.25, 0.3) is 0 Å². The Labute approximate surface area is 84.1 Å². The van der Waals surface area contributed by atoms with E-state index in [4.69, 9.17) is 5.26 Å². The third-order valence-electron chi connectivity index (χ3n) is 1.59. The van der Waals surface area contributed by atoms with E-state index in [2.05, 4.69) is 4.74 Å². The van der Waals surface area contributed by atoms with Gasteiger partial charge in [-0.3, -0.25) is 4.79 Å². The van der Waals surface area contributed by atoms with Crippen molar-refractivity contribution >= 4 is 11.6 Å². The zero-order valence-electron chi connectivity index (χ0n) is 7.67. The highest BCUT2D eigenvalue weighted by atomic mass is 19.1. The molecule has 0 radical (unpaired) electrons. The van der Waals surface area contributed by atoms with Crippen LogP contribution in [0.3, 0.4) is 0 Å². The van der Waals surface area contributed by atoms with Crippen LogP contribution in [0, 0.1) is 23.0 Å². The van der Waals surface area contributed by atoms with Gasteiger partial charge in [-0.05, 0) is 0 Å². The molecule has 0 heterocycles. The molecule has 0 aliphatic heterocycles. The van der Waals surface area contributed by atoms with E-state index in [0.717, 1.165) is 12.1 Å². The number of hydrogen-bond acceptors (Lipinski definition) is 3. The first kappa shape index (κ1) is 10.9. The second-order valence-electron chi connectivity index (χ2n) is 2.53. The Morgan fingerprint density at radius 1 is 1.47 bits per heavy atom. The predicted octanol–water partition coefficient (Wildman–Crippen LogP) is 1.44. The molecular weight excluding hydrogens is 206 g/mol. The third-order valence-corrected chi connectivity index (χ3v) is 1.59. The van der Waals surface area contributed by atoms with Crippen molar-refractivity contribution in [3.8, 4) is 11.8 Å². The van der Waals surface area contributed by atoms with Crippen molar-refractivity contribution < 1.29 is 18.3 Å². The average Bonchev–Trinajstić information content (AvgIpc) is 2.22. The molecule has 6 heteroatoms. The Balaban J connectivity index is 3.06. The van der Waals surface area contributed by atoms with Crippen LogP contribution in [0.15, 0.2) is 12.1 Å². The standard InChI is InChI=1S/C9H6F2N2O2/c1-15-8-3-5(10)7(2-6(8)11)13-9(14)4-12/h2-3H,1H3,(H,13,14). The lowest BCUT2D eigenvalue weighted by Crippen LogP contribution is -2.10. The summed E-state index contributed by atoms with van der Waals surface area (Å²) in [6.45, 7) is 0. The Hall–Kier alpha value is -2.16. The van der Waals surface area contributed by atoms with E-state index in [1.54, 1.807) is 0 Å². The van der Waals surface area contributed by atoms with Crippen molar-refractivity contribution in [2.24, 2.45) is 0 Å². The molecule has 0 aromatic heterocycles. The lowest BCUT2D eigenvalue weighted by atomic mass is 10.2. The average molecular weight is 212 g/mol. The molecular formula is C9H6F2N2O2. The fourth-order valence-corrected chi connectivity index (χ4v) is 0.931. The Kier molecular flexibility index (Phi) is 3.18. The van der Waals surface area contributed by atoms with Crippen LogP contribution in [-0.2, 0) is 4.79 Å². The number of halogens is 2. The first-order chi connectivity index (χ1) is 7.08. The molecule has 1 aromatic carbocycles. The lowest BCUT2D eigenvalue weighted by molar-refractivity contribution is -0.111. The normalized spacial score (nSPS) is 9.20. The van der Waals surface area contributed by atoms with Crippen molar-refractivity contribution in [1.29, 1.82) is 5.26 Å². The summed E-state index contributed by atoms with van der Waals surface area (Å²) in [5.74, 6) is -3.05. The molecule has 15 heavy (non-hydrogen) atoms. The van der Waals surface area contributed by atoms with E-state index in [1.165, 1.54) is 13.2 Å². The molecule has 0 saturated heterocycles. The van der Waals surface area contributed by atoms with Gasteiger partial charge in [0.1, 0.15) is 0 Å². The molecule has 0 aliphatic carbocycles. The van der Waals surface area contributed by atoms with Crippen LogP contribution in [0.2, 0.25) is 0 Å². The van der Waals surface area contributed by atoms with Gasteiger partial charge in [-0.25, -0.2) is 8.78 Å². The number of hydrogen-bond donors (Lipinski definition) is 1. The summed E-state index contributed by atoms with van der Waals surface area (Å²) in [6, 6.07) is 2.74. The highest BCUT2D eigenvalue weighted by molar-refractivity contribution is 6.02. The third kappa shape index (κ3) is 2.40. The van der Waals surface area contributed by atoms with Gasteiger partial charge in [-0.1, -0.05) is 0 Å². The van der Waals surface area contributed by atoms with Crippen LogP contribution in [0.1, 0.15) is 0 Å². The van der Waals surface area contributed by atoms with Gasteiger partial charge in [-0.15, -0.1) is 0 Å². The minimum atomic E-state index is -1.07. The zero-order chi connectivity index (χ0) is 11.4. The number of benzene rings is 1. The van der Waals surface area contributed by atoms with Crippen LogP contribution < -0.4 is 10.1 Å². The molecule has 1 amide bonds. The van der Waals surface area contributed by atoms with E-state index in [9.17, 15) is 13.6 Å². The van der Waals surface area contributed by atoms with E-state index in [-0.39, 0.29) is 5.75 Å². The van der Waals surface area contributed by atoms with Crippen molar-refractivity contribution in [3.63, 3.8) is 0 Å². The molecule has 1 N–H and O–H groups in total. The van der Waals surface area contributed by atoms with E-state index in [1.807, 2.05) is 5.32 Å². The smallest absolute Gasteiger partial charge is 0.326 e. The van der Waals surface area contributed by atoms with Crippen molar-refractivity contribution in [2.45, 2.75) is 0 Å². The molecule has 4 nitrogen and oxygen atoms in total. The van der Waals surface area contributed by atoms with Crippen molar-refractivity contribution in [2.75, 3.05) is 12.4 Å². The number of nitrogens with zero attached hydrogens (tertiary/aromatic N) is 1. The Morgan fingerprint density at radius 2 is 2.13 bits per heavy atom. The topological polar surface area (TPSA) is 62.1 Å². The largest absolute Gasteiger partial charge is 0.494 e. The van der Waals surface area contributed by atoms with Crippen LogP contribution in [0.4, 0.5) is 14.5 Å². The molecule has 0 bridgehead atoms. The molecule has 0 aliphatic rings. The fourth-order valence-electron chi connectivity index (χ4n) is 0.931. The summed E-state index contributed by atoms with van der Waals surface area (Å²) in [5.41, 5.74) is -0.403. The van der Waals surface area contributed by atoms with E-state index >= 15 is 0 Å². The summed E-state index contributed by atoms with van der Waals surface area (Å²) in [4.78, 5) is 10.6. The predicted molar refractivity (Wildman–Crippen MR) is 47.2 cm³/mol. The van der Waals surface area contributed by atoms with Crippen LogP contribution in [0.25, 0.3) is 0 Å². The Bertz CT molecular complexity index is 440. The second-order valence-corrected chi connectivity index (χ2v) is 2.53. The first-order valence-corrected chi connectivity index (χ1v) is 3.82. The number of nitriles is 1. The van der Waals surface area contributed by atoms with Gasteiger partial charge >= 0.3 is 5.91 Å². The Morgan fingerprint density at radius 3 is 2.67 bits per heavy atom. The maximum atomic E-state index is 13.1. The quantitative estimate of drug-likeness (QED) is 0.754. The molecule has 1 rings (SSSR count). The number of methoxy groups -OCH3 is 1. The number of carbonyl (C=O) groups excluding carboxylic acids is 1. The minimum absolute atomic E-state index is 0.276. The number of rotatable bonds is 2. The van der Waals surface area contributed by atoms with Gasteiger partial charge in [0.05, 0.1) is 12.8 Å². The molecule has 0 saturated carbocycles. The summed E-state index contributed by atoms with van der Waals surface area (Å²) < 4.78 is 30.7. The number of nitrogens with one attached hydrogen (secondary N) is 1. The maximum absolute atomic E-state index is 13.1. The lowest BCUT2D eigenvalue weighted by Gasteiger charge is -2.06. The molecule has 0 atom stereocenters. The van der Waals surface area contributed by atoms with E-state index < -0.39 is 23.2 Å². The van der Waals surface area contributed by atoms with E-state index in [0.29, 0.717) is 0 Å².